The van der Waals surface area contributed by atoms with E-state index in [2.05, 4.69) is 5.32 Å². The summed E-state index contributed by atoms with van der Waals surface area (Å²) in [6.45, 7) is 0. The lowest BCUT2D eigenvalue weighted by Gasteiger charge is -2.23. The van der Waals surface area contributed by atoms with Crippen molar-refractivity contribution in [2.45, 2.75) is 6.42 Å². The molecule has 0 unspecified atom stereocenters. The van der Waals surface area contributed by atoms with Gasteiger partial charge in [0.05, 0.1) is 5.02 Å². The molecule has 19 heavy (non-hydrogen) atoms. The van der Waals surface area contributed by atoms with Crippen molar-refractivity contribution in [3.05, 3.63) is 62.6 Å². The second-order valence-electron chi connectivity index (χ2n) is 4.47. The Bertz CT molecular complexity index is 695. The number of rotatable bonds is 1. The number of nitrogens with one attached hydrogen (secondary N) is 1. The van der Waals surface area contributed by atoms with Crippen molar-refractivity contribution in [1.29, 1.82) is 0 Å². The van der Waals surface area contributed by atoms with Gasteiger partial charge in [-0.2, -0.15) is 0 Å². The van der Waals surface area contributed by atoms with Gasteiger partial charge in [0.25, 0.3) is 0 Å². The number of hydrogen-bond acceptors (Lipinski definition) is 2. The maximum absolute atomic E-state index is 12.6. The topological polar surface area (TPSA) is 29.1 Å². The van der Waals surface area contributed by atoms with Crippen molar-refractivity contribution in [3.63, 3.8) is 0 Å². The molecular formula is C15H11Cl2NO. The van der Waals surface area contributed by atoms with E-state index in [0.717, 1.165) is 16.8 Å². The zero-order valence-electron chi connectivity index (χ0n) is 10.3. The molecule has 2 nitrogen and oxygen atoms in total. The van der Waals surface area contributed by atoms with Crippen LogP contribution in [0.15, 0.2) is 30.3 Å². The van der Waals surface area contributed by atoms with Gasteiger partial charge >= 0.3 is 0 Å². The van der Waals surface area contributed by atoms with Crippen LogP contribution in [-0.2, 0) is 6.42 Å². The Morgan fingerprint density at radius 2 is 1.84 bits per heavy atom. The molecule has 2 aromatic rings. The first-order valence-corrected chi connectivity index (χ1v) is 6.70. The van der Waals surface area contributed by atoms with Crippen LogP contribution in [-0.4, -0.2) is 12.8 Å². The summed E-state index contributed by atoms with van der Waals surface area (Å²) in [5, 5.41) is 4.21. The van der Waals surface area contributed by atoms with E-state index in [1.54, 1.807) is 18.2 Å². The van der Waals surface area contributed by atoms with Gasteiger partial charge in [-0.3, -0.25) is 4.79 Å². The lowest BCUT2D eigenvalue weighted by Crippen LogP contribution is -2.17. The Morgan fingerprint density at radius 1 is 1.05 bits per heavy atom. The number of fused-ring (bicyclic) bond motifs is 2. The highest BCUT2D eigenvalue weighted by molar-refractivity contribution is 6.36. The number of anilines is 1. The van der Waals surface area contributed by atoms with E-state index < -0.39 is 0 Å². The van der Waals surface area contributed by atoms with Gasteiger partial charge in [-0.1, -0.05) is 35.3 Å². The third-order valence-electron chi connectivity index (χ3n) is 3.48. The highest BCUT2D eigenvalue weighted by atomic mass is 35.5. The van der Waals surface area contributed by atoms with Crippen molar-refractivity contribution in [2.75, 3.05) is 12.4 Å². The van der Waals surface area contributed by atoms with Gasteiger partial charge in [0.15, 0.2) is 5.78 Å². The second kappa shape index (κ2) is 4.55. The predicted octanol–water partition coefficient (Wildman–Crippen LogP) is 4.17. The van der Waals surface area contributed by atoms with Crippen molar-refractivity contribution in [1.82, 2.24) is 0 Å². The third kappa shape index (κ3) is 1.83. The first kappa shape index (κ1) is 12.5. The van der Waals surface area contributed by atoms with Gasteiger partial charge < -0.3 is 5.32 Å². The number of benzene rings is 2. The second-order valence-corrected chi connectivity index (χ2v) is 5.28. The summed E-state index contributed by atoms with van der Waals surface area (Å²) in [7, 11) is 1.83. The lowest BCUT2D eigenvalue weighted by molar-refractivity contribution is 0.103. The van der Waals surface area contributed by atoms with Crippen molar-refractivity contribution >= 4 is 34.7 Å². The maximum atomic E-state index is 12.6. The minimum absolute atomic E-state index is 0.0548. The molecule has 0 atom stereocenters. The maximum Gasteiger partial charge on any atom is 0.195 e. The van der Waals surface area contributed by atoms with Gasteiger partial charge in [0.1, 0.15) is 0 Å². The minimum Gasteiger partial charge on any atom is -0.388 e. The number of ketones is 1. The quantitative estimate of drug-likeness (QED) is 0.729. The molecule has 2 aromatic carbocycles. The largest absolute Gasteiger partial charge is 0.388 e. The molecule has 3 rings (SSSR count). The van der Waals surface area contributed by atoms with Crippen LogP contribution >= 0.6 is 23.2 Å². The monoisotopic (exact) mass is 291 g/mol. The van der Waals surface area contributed by atoms with Crippen molar-refractivity contribution in [3.8, 4) is 0 Å². The number of carbonyl (C=O) groups is 1. The molecule has 0 radical (unpaired) electrons. The van der Waals surface area contributed by atoms with E-state index in [1.165, 1.54) is 0 Å². The summed E-state index contributed by atoms with van der Waals surface area (Å²) in [5.41, 5.74) is 3.94. The highest BCUT2D eigenvalue weighted by Crippen LogP contribution is 2.38. The van der Waals surface area contributed by atoms with Crippen molar-refractivity contribution < 1.29 is 4.79 Å². The number of hydrogen-bond donors (Lipinski definition) is 1. The molecule has 0 bridgehead atoms. The van der Waals surface area contributed by atoms with E-state index >= 15 is 0 Å². The Kier molecular flexibility index (Phi) is 3.00. The molecule has 1 aliphatic carbocycles. The minimum atomic E-state index is -0.0548. The molecule has 0 aliphatic heterocycles. The highest BCUT2D eigenvalue weighted by Gasteiger charge is 2.28. The van der Waals surface area contributed by atoms with E-state index in [0.29, 0.717) is 27.6 Å². The predicted molar refractivity (Wildman–Crippen MR) is 78.7 cm³/mol. The van der Waals surface area contributed by atoms with E-state index in [4.69, 9.17) is 23.2 Å². The van der Waals surface area contributed by atoms with E-state index in [-0.39, 0.29) is 5.78 Å². The Hall–Kier alpha value is -1.51. The zero-order valence-corrected chi connectivity index (χ0v) is 11.8. The Morgan fingerprint density at radius 3 is 2.58 bits per heavy atom. The van der Waals surface area contributed by atoms with Gasteiger partial charge in [-0.05, 0) is 29.3 Å². The molecular weight excluding hydrogens is 281 g/mol. The summed E-state index contributed by atoms with van der Waals surface area (Å²) in [5.74, 6) is -0.0548. The molecule has 1 aliphatic rings. The first-order valence-electron chi connectivity index (χ1n) is 5.94. The van der Waals surface area contributed by atoms with Crippen LogP contribution in [0.4, 0.5) is 5.69 Å². The normalized spacial score (nSPS) is 12.9. The molecule has 0 fully saturated rings. The number of halogens is 2. The fraction of sp³-hybridized carbons (Fsp3) is 0.133. The van der Waals surface area contributed by atoms with E-state index in [1.807, 2.05) is 19.2 Å². The van der Waals surface area contributed by atoms with Gasteiger partial charge in [0.2, 0.25) is 0 Å². The van der Waals surface area contributed by atoms with E-state index in [9.17, 15) is 4.79 Å². The standard InChI is InChI=1S/C15H11Cl2NO/c1-18-13-6-5-12(17)14-10(13)7-9-8(15(14)19)3-2-4-11(9)16/h2-6,18H,7H2,1H3. The summed E-state index contributed by atoms with van der Waals surface area (Å²) in [6.07, 6.45) is 0.618. The van der Waals surface area contributed by atoms with Crippen LogP contribution in [0.1, 0.15) is 27.0 Å². The summed E-state index contributed by atoms with van der Waals surface area (Å²) >= 11 is 12.4. The first-order chi connectivity index (χ1) is 9.13. The molecule has 0 saturated heterocycles. The number of carbonyl (C=O) groups excluding carboxylic acids is 1. The molecule has 4 heteroatoms. The van der Waals surface area contributed by atoms with Crippen LogP contribution in [0.3, 0.4) is 0 Å². The molecule has 0 spiro atoms. The van der Waals surface area contributed by atoms with Crippen LogP contribution < -0.4 is 5.32 Å². The summed E-state index contributed by atoms with van der Waals surface area (Å²) in [4.78, 5) is 12.6. The van der Waals surface area contributed by atoms with Crippen LogP contribution in [0, 0.1) is 0 Å². The average Bonchev–Trinajstić information content (AvgIpc) is 2.40. The Balaban J connectivity index is 2.30. The molecule has 0 amide bonds. The van der Waals surface area contributed by atoms with Gasteiger partial charge in [-0.15, -0.1) is 0 Å². The third-order valence-corrected chi connectivity index (χ3v) is 4.14. The van der Waals surface area contributed by atoms with Gasteiger partial charge in [-0.25, -0.2) is 0 Å². The fourth-order valence-corrected chi connectivity index (χ4v) is 3.05. The smallest absolute Gasteiger partial charge is 0.195 e. The molecule has 0 heterocycles. The summed E-state index contributed by atoms with van der Waals surface area (Å²) in [6, 6.07) is 9.03. The zero-order chi connectivity index (χ0) is 13.6. The SMILES string of the molecule is CNc1ccc(Cl)c2c1Cc1c(Cl)cccc1C2=O. The molecule has 0 saturated carbocycles. The molecule has 1 N–H and O–H groups in total. The van der Waals surface area contributed by atoms with Crippen molar-refractivity contribution in [2.24, 2.45) is 0 Å². The van der Waals surface area contributed by atoms with Crippen LogP contribution in [0.2, 0.25) is 10.0 Å². The molecule has 96 valence electrons. The Labute approximate surface area is 121 Å². The van der Waals surface area contributed by atoms with Crippen LogP contribution in [0.25, 0.3) is 0 Å². The fourth-order valence-electron chi connectivity index (χ4n) is 2.55. The van der Waals surface area contributed by atoms with Crippen LogP contribution in [0.5, 0.6) is 0 Å². The lowest BCUT2D eigenvalue weighted by atomic mass is 9.84. The average molecular weight is 292 g/mol. The summed E-state index contributed by atoms with van der Waals surface area (Å²) < 4.78 is 0. The molecule has 0 aromatic heterocycles. The van der Waals surface area contributed by atoms with Gasteiger partial charge in [0, 0.05) is 35.3 Å².